The van der Waals surface area contributed by atoms with Crippen molar-refractivity contribution in [2.45, 2.75) is 45.4 Å². The first-order valence-electron chi connectivity index (χ1n) is 10.0. The first kappa shape index (κ1) is 35.8. The predicted molar refractivity (Wildman–Crippen MR) is 114 cm³/mol. The molecule has 2 unspecified atom stereocenters. The molecule has 11 heteroatoms. The number of anilines is 1. The van der Waals surface area contributed by atoms with Gasteiger partial charge < -0.3 is 35.4 Å². The van der Waals surface area contributed by atoms with Crippen molar-refractivity contribution in [3.8, 4) is 5.75 Å². The predicted octanol–water partition coefficient (Wildman–Crippen LogP) is 1.73. The summed E-state index contributed by atoms with van der Waals surface area (Å²) >= 11 is 0. The number of halogens is 1. The number of fused-ring (bicyclic) bond motifs is 2. The van der Waals surface area contributed by atoms with Crippen LogP contribution in [0.2, 0.25) is 0 Å². The van der Waals surface area contributed by atoms with Crippen LogP contribution in [0.1, 0.15) is 43.5 Å². The summed E-state index contributed by atoms with van der Waals surface area (Å²) in [5.74, 6) is -0.900. The smallest absolute Gasteiger partial charge is 0.256 e. The van der Waals surface area contributed by atoms with Crippen LogP contribution >= 0.6 is 0 Å². The molecular weight excluding hydrogens is 763 g/mol. The zero-order valence-corrected chi connectivity index (χ0v) is 24.7. The number of aliphatic hydroxyl groups is 4. The summed E-state index contributed by atoms with van der Waals surface area (Å²) in [6.45, 7) is 8.02. The van der Waals surface area contributed by atoms with Crippen molar-refractivity contribution >= 4 is 11.6 Å². The van der Waals surface area contributed by atoms with Crippen molar-refractivity contribution in [3.05, 3.63) is 36.2 Å². The molecular formula is C21H35FN2O6W2. The van der Waals surface area contributed by atoms with Gasteiger partial charge in [0.15, 0.2) is 11.6 Å². The average molecular weight is 798 g/mol. The molecule has 0 saturated carbocycles. The van der Waals surface area contributed by atoms with Crippen molar-refractivity contribution in [1.82, 2.24) is 4.90 Å². The molecule has 2 aliphatic rings. The van der Waals surface area contributed by atoms with Crippen LogP contribution in [0.4, 0.5) is 10.1 Å². The average Bonchev–Trinajstić information content (AvgIpc) is 3.25. The third-order valence-corrected chi connectivity index (χ3v) is 4.22. The van der Waals surface area contributed by atoms with Crippen molar-refractivity contribution in [1.29, 1.82) is 0 Å². The Hall–Kier alpha value is -0.823. The van der Waals surface area contributed by atoms with Gasteiger partial charge in [-0.25, -0.2) is 4.39 Å². The Balaban J connectivity index is -0.000000746. The number of amides is 1. The first-order chi connectivity index (χ1) is 14.5. The van der Waals surface area contributed by atoms with Crippen molar-refractivity contribution < 1.29 is 76.5 Å². The van der Waals surface area contributed by atoms with Gasteiger partial charge in [-0.15, -0.1) is 6.58 Å². The van der Waals surface area contributed by atoms with Crippen LogP contribution in [0.3, 0.4) is 0 Å². The van der Waals surface area contributed by atoms with E-state index in [1.165, 1.54) is 12.1 Å². The summed E-state index contributed by atoms with van der Waals surface area (Å²) in [6.07, 6.45) is 2.48. The Morgan fingerprint density at radius 3 is 2.41 bits per heavy atom. The number of ether oxygens (including phenoxy) is 1. The number of nitrogens with one attached hydrogen (secondary N) is 1. The van der Waals surface area contributed by atoms with Gasteiger partial charge in [0, 0.05) is 74.9 Å². The van der Waals surface area contributed by atoms with Crippen LogP contribution in [0.15, 0.2) is 24.8 Å². The Labute approximate surface area is 218 Å². The SMILES string of the molecule is C=CCO.CC.CO.O=C1c2cc(F)c(OCCCO)cc2NC(O)C2CCCN12.[W].[W]. The molecule has 0 aliphatic carbocycles. The molecule has 0 aromatic heterocycles. The van der Waals surface area contributed by atoms with E-state index >= 15 is 0 Å². The minimum Gasteiger partial charge on any atom is -0.490 e. The molecule has 2 heterocycles. The molecule has 184 valence electrons. The van der Waals surface area contributed by atoms with Gasteiger partial charge in [-0.3, -0.25) is 4.79 Å². The molecule has 0 spiro atoms. The molecule has 1 aromatic rings. The van der Waals surface area contributed by atoms with E-state index in [1.807, 2.05) is 13.8 Å². The number of hydrogen-bond donors (Lipinski definition) is 5. The molecule has 5 N–H and O–H groups in total. The van der Waals surface area contributed by atoms with Gasteiger partial charge in [0.05, 0.1) is 30.5 Å². The van der Waals surface area contributed by atoms with Crippen molar-refractivity contribution in [3.63, 3.8) is 0 Å². The van der Waals surface area contributed by atoms with Crippen molar-refractivity contribution in [2.75, 3.05) is 38.8 Å². The molecule has 2 aliphatic heterocycles. The number of aliphatic hydroxyl groups excluding tert-OH is 4. The second kappa shape index (κ2) is 20.8. The number of nitrogens with zero attached hydrogens (tertiary/aromatic N) is 1. The van der Waals surface area contributed by atoms with Gasteiger partial charge in [-0.2, -0.15) is 0 Å². The number of rotatable bonds is 5. The second-order valence-corrected chi connectivity index (χ2v) is 6.02. The molecule has 32 heavy (non-hydrogen) atoms. The summed E-state index contributed by atoms with van der Waals surface area (Å²) in [7, 11) is 1.00. The molecule has 1 aromatic carbocycles. The van der Waals surface area contributed by atoms with E-state index in [2.05, 4.69) is 11.9 Å². The molecule has 1 fully saturated rings. The number of benzene rings is 1. The molecule has 1 saturated heterocycles. The van der Waals surface area contributed by atoms with Gasteiger partial charge in [0.2, 0.25) is 0 Å². The maximum atomic E-state index is 14.1. The van der Waals surface area contributed by atoms with Gasteiger partial charge in [0.25, 0.3) is 5.91 Å². The fraction of sp³-hybridized carbons (Fsp3) is 0.571. The third-order valence-electron chi connectivity index (χ3n) is 4.22. The van der Waals surface area contributed by atoms with Crippen molar-refractivity contribution in [2.24, 2.45) is 0 Å². The van der Waals surface area contributed by atoms with E-state index in [4.69, 9.17) is 20.1 Å². The fourth-order valence-electron chi connectivity index (χ4n) is 2.99. The van der Waals surface area contributed by atoms with Gasteiger partial charge >= 0.3 is 0 Å². The summed E-state index contributed by atoms with van der Waals surface area (Å²) in [4.78, 5) is 14.1. The minimum atomic E-state index is -0.886. The van der Waals surface area contributed by atoms with Gasteiger partial charge in [0.1, 0.15) is 6.23 Å². The first-order valence-corrected chi connectivity index (χ1v) is 10.0. The summed E-state index contributed by atoms with van der Waals surface area (Å²) in [5, 5.41) is 36.6. The van der Waals surface area contributed by atoms with E-state index < -0.39 is 12.0 Å². The van der Waals surface area contributed by atoms with Gasteiger partial charge in [-0.05, 0) is 18.9 Å². The monoisotopic (exact) mass is 798 g/mol. The summed E-state index contributed by atoms with van der Waals surface area (Å²) in [5.41, 5.74) is 0.572. The fourth-order valence-corrected chi connectivity index (χ4v) is 2.99. The van der Waals surface area contributed by atoms with Crippen LogP contribution in [-0.2, 0) is 42.1 Å². The maximum Gasteiger partial charge on any atom is 0.256 e. The second-order valence-electron chi connectivity index (χ2n) is 6.02. The van der Waals surface area contributed by atoms with E-state index in [1.54, 1.807) is 4.90 Å². The van der Waals surface area contributed by atoms with E-state index in [9.17, 15) is 14.3 Å². The maximum absolute atomic E-state index is 14.1. The molecule has 2 atom stereocenters. The standard InChI is InChI=1S/C15H19FN2O4.C3H6O.C2H6.CH4O.2W/c16-10-7-9-11(8-13(10)22-6-2-5-19)17-14(20)12-3-1-4-18(12)15(9)21;1-2-3-4;2*1-2;;/h7-8,12,14,17,19-20H,1-6H2;2,4H,1,3H2;1-2H3;2H,1H3;;. The topological polar surface area (TPSA) is 122 Å². The zero-order valence-electron chi connectivity index (χ0n) is 18.8. The van der Waals surface area contributed by atoms with Crippen LogP contribution in [0.5, 0.6) is 5.75 Å². The quantitative estimate of drug-likeness (QED) is 0.228. The number of carbonyl (C=O) groups is 1. The van der Waals surface area contributed by atoms with E-state index in [0.717, 1.165) is 26.0 Å². The largest absolute Gasteiger partial charge is 0.490 e. The normalized spacial score (nSPS) is 17.4. The molecule has 0 radical (unpaired) electrons. The van der Waals surface area contributed by atoms with Crippen LogP contribution in [0.25, 0.3) is 0 Å². The Kier molecular flexibility index (Phi) is 23.2. The Morgan fingerprint density at radius 2 is 1.88 bits per heavy atom. The minimum absolute atomic E-state index is 0. The molecule has 3 rings (SSSR count). The van der Waals surface area contributed by atoms with E-state index in [0.29, 0.717) is 18.7 Å². The number of hydrogen-bond acceptors (Lipinski definition) is 7. The number of carbonyl (C=O) groups excluding carboxylic acids is 1. The van der Waals surface area contributed by atoms with Crippen LogP contribution in [-0.4, -0.2) is 77.0 Å². The van der Waals surface area contributed by atoms with Crippen LogP contribution < -0.4 is 10.1 Å². The summed E-state index contributed by atoms with van der Waals surface area (Å²) in [6, 6.07) is 2.25. The Morgan fingerprint density at radius 1 is 1.28 bits per heavy atom. The van der Waals surface area contributed by atoms with E-state index in [-0.39, 0.29) is 85.2 Å². The molecule has 0 bridgehead atoms. The molecule has 1 amide bonds. The zero-order chi connectivity index (χ0) is 23.1. The Bertz CT molecular complexity index is 655. The van der Waals surface area contributed by atoms with Crippen LogP contribution in [0, 0.1) is 5.82 Å². The van der Waals surface area contributed by atoms with Gasteiger partial charge in [-0.1, -0.05) is 19.9 Å². The third kappa shape index (κ3) is 10.4. The summed E-state index contributed by atoms with van der Waals surface area (Å²) < 4.78 is 19.4. The molecule has 8 nitrogen and oxygen atoms in total.